The standard InChI is InChI=1S/C23H21IN2O7S/c1-3-32-17-9-14(10-18-22(30)26(11-20(28)29)23(31)34-18)8-16(24)21(17)33-12-19(27)25-15-6-4-13(2)5-7-15/h4-10H,3,11-12H2,1-2H3,(H,25,27)(H,28,29)/b18-10+. The molecule has 3 rings (SSSR count). The molecular weight excluding hydrogens is 575 g/mol. The number of halogens is 1. The van der Waals surface area contributed by atoms with Crippen molar-refractivity contribution in [1.29, 1.82) is 0 Å². The lowest BCUT2D eigenvalue weighted by Crippen LogP contribution is -2.33. The third-order valence-corrected chi connectivity index (χ3v) is 6.19. The number of ether oxygens (including phenoxy) is 2. The number of carboxylic acid groups (broad SMARTS) is 1. The maximum Gasteiger partial charge on any atom is 0.323 e. The quantitative estimate of drug-likeness (QED) is 0.328. The van der Waals surface area contributed by atoms with Gasteiger partial charge < -0.3 is 19.9 Å². The van der Waals surface area contributed by atoms with Crippen molar-refractivity contribution in [3.05, 3.63) is 56.0 Å². The molecule has 0 spiro atoms. The topological polar surface area (TPSA) is 122 Å². The van der Waals surface area contributed by atoms with Gasteiger partial charge in [0.1, 0.15) is 6.54 Å². The zero-order valence-electron chi connectivity index (χ0n) is 18.3. The molecule has 11 heteroatoms. The van der Waals surface area contributed by atoms with Crippen LogP contribution in [-0.4, -0.2) is 52.8 Å². The highest BCUT2D eigenvalue weighted by Crippen LogP contribution is 2.37. The van der Waals surface area contributed by atoms with Crippen LogP contribution >= 0.6 is 34.4 Å². The molecule has 0 saturated carbocycles. The van der Waals surface area contributed by atoms with Gasteiger partial charge in [-0.1, -0.05) is 17.7 Å². The van der Waals surface area contributed by atoms with Crippen molar-refractivity contribution in [2.24, 2.45) is 0 Å². The fraction of sp³-hybridized carbons (Fsp3) is 0.217. The van der Waals surface area contributed by atoms with Crippen molar-refractivity contribution in [2.45, 2.75) is 13.8 Å². The zero-order chi connectivity index (χ0) is 24.8. The highest BCUT2D eigenvalue weighted by Gasteiger charge is 2.36. The first-order valence-corrected chi connectivity index (χ1v) is 12.0. The predicted molar refractivity (Wildman–Crippen MR) is 136 cm³/mol. The van der Waals surface area contributed by atoms with E-state index in [0.29, 0.717) is 49.6 Å². The first-order chi connectivity index (χ1) is 16.2. The van der Waals surface area contributed by atoms with E-state index in [1.807, 2.05) is 41.6 Å². The summed E-state index contributed by atoms with van der Waals surface area (Å²) in [6, 6.07) is 10.7. The average Bonchev–Trinajstić information content (AvgIpc) is 3.02. The fourth-order valence-electron chi connectivity index (χ4n) is 2.97. The number of carbonyl (C=O) groups excluding carboxylic acids is 3. The molecule has 9 nitrogen and oxygen atoms in total. The highest BCUT2D eigenvalue weighted by atomic mass is 127. The van der Waals surface area contributed by atoms with Gasteiger partial charge in [0, 0.05) is 5.69 Å². The van der Waals surface area contributed by atoms with Crippen molar-refractivity contribution >= 4 is 69.1 Å². The predicted octanol–water partition coefficient (Wildman–Crippen LogP) is 4.14. The number of amides is 3. The molecule has 34 heavy (non-hydrogen) atoms. The second-order valence-corrected chi connectivity index (χ2v) is 9.28. The third-order valence-electron chi connectivity index (χ3n) is 4.48. The molecule has 1 saturated heterocycles. The number of carbonyl (C=O) groups is 4. The molecule has 1 heterocycles. The Bertz CT molecular complexity index is 1160. The van der Waals surface area contributed by atoms with Crippen LogP contribution in [0, 0.1) is 10.5 Å². The lowest BCUT2D eigenvalue weighted by atomic mass is 10.2. The van der Waals surface area contributed by atoms with E-state index in [0.717, 1.165) is 5.56 Å². The first kappa shape index (κ1) is 25.6. The number of aryl methyl sites for hydroxylation is 1. The summed E-state index contributed by atoms with van der Waals surface area (Å²) in [5.41, 5.74) is 2.30. The van der Waals surface area contributed by atoms with Gasteiger partial charge in [-0.15, -0.1) is 0 Å². The first-order valence-electron chi connectivity index (χ1n) is 10.1. The average molecular weight is 596 g/mol. The van der Waals surface area contributed by atoms with Crippen LogP contribution in [0.3, 0.4) is 0 Å². The Morgan fingerprint density at radius 3 is 2.53 bits per heavy atom. The Labute approximate surface area is 213 Å². The van der Waals surface area contributed by atoms with E-state index >= 15 is 0 Å². The third kappa shape index (κ3) is 6.50. The van der Waals surface area contributed by atoms with Crippen LogP contribution in [0.1, 0.15) is 18.1 Å². The van der Waals surface area contributed by atoms with E-state index in [2.05, 4.69) is 5.32 Å². The lowest BCUT2D eigenvalue weighted by Gasteiger charge is -2.15. The molecule has 1 aliphatic heterocycles. The summed E-state index contributed by atoms with van der Waals surface area (Å²) in [7, 11) is 0. The number of imide groups is 1. The number of carboxylic acids is 1. The molecule has 2 aromatic carbocycles. The minimum absolute atomic E-state index is 0.107. The molecule has 0 bridgehead atoms. The lowest BCUT2D eigenvalue weighted by molar-refractivity contribution is -0.140. The summed E-state index contributed by atoms with van der Waals surface area (Å²) in [5.74, 6) is -1.53. The summed E-state index contributed by atoms with van der Waals surface area (Å²) in [6.45, 7) is 3.15. The monoisotopic (exact) mass is 596 g/mol. The number of nitrogens with zero attached hydrogens (tertiary/aromatic N) is 1. The number of anilines is 1. The smallest absolute Gasteiger partial charge is 0.323 e. The van der Waals surface area contributed by atoms with Gasteiger partial charge in [0.25, 0.3) is 17.1 Å². The fourth-order valence-corrected chi connectivity index (χ4v) is 4.59. The van der Waals surface area contributed by atoms with Crippen LogP contribution in [0.2, 0.25) is 0 Å². The molecule has 0 radical (unpaired) electrons. The molecule has 0 atom stereocenters. The number of hydrogen-bond donors (Lipinski definition) is 2. The van der Waals surface area contributed by atoms with Crippen molar-refractivity contribution < 1.29 is 33.8 Å². The van der Waals surface area contributed by atoms with Crippen LogP contribution in [0.15, 0.2) is 41.3 Å². The minimum Gasteiger partial charge on any atom is -0.490 e. The van der Waals surface area contributed by atoms with Crippen molar-refractivity contribution in [2.75, 3.05) is 25.1 Å². The van der Waals surface area contributed by atoms with Crippen molar-refractivity contribution in [3.63, 3.8) is 0 Å². The number of aliphatic carboxylic acids is 1. The second-order valence-electron chi connectivity index (χ2n) is 7.13. The van der Waals surface area contributed by atoms with E-state index in [4.69, 9.17) is 14.6 Å². The maximum absolute atomic E-state index is 12.4. The summed E-state index contributed by atoms with van der Waals surface area (Å²) >= 11 is 2.70. The highest BCUT2D eigenvalue weighted by molar-refractivity contribution is 14.1. The summed E-state index contributed by atoms with van der Waals surface area (Å²) in [4.78, 5) is 48.4. The van der Waals surface area contributed by atoms with Crippen LogP contribution in [-0.2, 0) is 14.4 Å². The Kier molecular flexibility index (Phi) is 8.56. The number of thioether (sulfide) groups is 1. The summed E-state index contributed by atoms with van der Waals surface area (Å²) in [6.07, 6.45) is 1.49. The molecule has 1 aliphatic rings. The van der Waals surface area contributed by atoms with Gasteiger partial charge >= 0.3 is 5.97 Å². The Balaban J connectivity index is 1.76. The van der Waals surface area contributed by atoms with Crippen LogP contribution < -0.4 is 14.8 Å². The van der Waals surface area contributed by atoms with Gasteiger partial charge in [0.15, 0.2) is 18.1 Å². The Hall–Kier alpha value is -3.06. The largest absolute Gasteiger partial charge is 0.490 e. The molecule has 1 fully saturated rings. The summed E-state index contributed by atoms with van der Waals surface area (Å²) in [5, 5.41) is 11.0. The van der Waals surface area contributed by atoms with Gasteiger partial charge in [-0.3, -0.25) is 24.1 Å². The van der Waals surface area contributed by atoms with E-state index in [1.54, 1.807) is 31.2 Å². The molecule has 0 aromatic heterocycles. The van der Waals surface area contributed by atoms with Crippen molar-refractivity contribution in [3.8, 4) is 11.5 Å². The minimum atomic E-state index is -1.27. The number of hydrogen-bond acceptors (Lipinski definition) is 7. The number of benzene rings is 2. The van der Waals surface area contributed by atoms with E-state index in [-0.39, 0.29) is 17.4 Å². The second kappa shape index (κ2) is 11.4. The van der Waals surface area contributed by atoms with Gasteiger partial charge in [0.2, 0.25) is 0 Å². The Morgan fingerprint density at radius 1 is 1.18 bits per heavy atom. The molecular formula is C23H21IN2O7S. The number of rotatable bonds is 9. The molecule has 2 aromatic rings. The van der Waals surface area contributed by atoms with Crippen LogP contribution in [0.5, 0.6) is 11.5 Å². The van der Waals surface area contributed by atoms with E-state index in [9.17, 15) is 19.2 Å². The Morgan fingerprint density at radius 2 is 1.88 bits per heavy atom. The molecule has 3 amide bonds. The van der Waals surface area contributed by atoms with Crippen LogP contribution in [0.25, 0.3) is 6.08 Å². The number of nitrogens with one attached hydrogen (secondary N) is 1. The molecule has 2 N–H and O–H groups in total. The van der Waals surface area contributed by atoms with Gasteiger partial charge in [-0.2, -0.15) is 0 Å². The summed E-state index contributed by atoms with van der Waals surface area (Å²) < 4.78 is 12.0. The van der Waals surface area contributed by atoms with E-state index in [1.165, 1.54) is 6.08 Å². The SMILES string of the molecule is CCOc1cc(/C=C2/SC(=O)N(CC(=O)O)C2=O)cc(I)c1OCC(=O)Nc1ccc(C)cc1. The van der Waals surface area contributed by atoms with Crippen molar-refractivity contribution in [1.82, 2.24) is 4.90 Å². The van der Waals surface area contributed by atoms with Gasteiger partial charge in [-0.05, 0) is 84.1 Å². The van der Waals surface area contributed by atoms with E-state index < -0.39 is 23.7 Å². The molecule has 0 unspecified atom stereocenters. The zero-order valence-corrected chi connectivity index (χ0v) is 21.3. The normalized spacial score (nSPS) is 14.4. The van der Waals surface area contributed by atoms with Gasteiger partial charge in [0.05, 0.1) is 15.1 Å². The molecule has 0 aliphatic carbocycles. The maximum atomic E-state index is 12.4. The van der Waals surface area contributed by atoms with Crippen LogP contribution in [0.4, 0.5) is 10.5 Å². The molecule has 178 valence electrons. The van der Waals surface area contributed by atoms with Gasteiger partial charge in [-0.25, -0.2) is 0 Å².